The molecule has 2 amide bonds. The molecule has 11 heteroatoms. The van der Waals surface area contributed by atoms with Crippen LogP contribution in [0.4, 0.5) is 5.69 Å². The van der Waals surface area contributed by atoms with Crippen molar-refractivity contribution >= 4 is 50.7 Å². The van der Waals surface area contributed by atoms with E-state index >= 15 is 0 Å². The van der Waals surface area contributed by atoms with Crippen LogP contribution in [0.2, 0.25) is 10.0 Å². The van der Waals surface area contributed by atoms with Crippen LogP contribution in [0.1, 0.15) is 12.5 Å². The van der Waals surface area contributed by atoms with E-state index in [0.717, 1.165) is 10.6 Å². The van der Waals surface area contributed by atoms with Crippen LogP contribution >= 0.6 is 23.2 Å². The fourth-order valence-corrected chi connectivity index (χ4v) is 4.34. The minimum Gasteiger partial charge on any atom is -0.497 e. The van der Waals surface area contributed by atoms with Crippen molar-refractivity contribution in [2.45, 2.75) is 19.5 Å². The van der Waals surface area contributed by atoms with E-state index in [4.69, 9.17) is 27.9 Å². The Hall–Kier alpha value is -2.49. The first-order valence-corrected chi connectivity index (χ1v) is 12.2. The normalized spacial score (nSPS) is 12.1. The van der Waals surface area contributed by atoms with E-state index in [2.05, 4.69) is 5.32 Å². The Morgan fingerprint density at radius 1 is 1.16 bits per heavy atom. The van der Waals surface area contributed by atoms with Crippen molar-refractivity contribution in [3.63, 3.8) is 0 Å². The lowest BCUT2D eigenvalue weighted by Crippen LogP contribution is -2.50. The quantitative estimate of drug-likeness (QED) is 0.569. The van der Waals surface area contributed by atoms with Gasteiger partial charge in [-0.25, -0.2) is 8.42 Å². The monoisotopic (exact) mass is 501 g/mol. The average molecular weight is 502 g/mol. The maximum atomic E-state index is 13.3. The predicted molar refractivity (Wildman–Crippen MR) is 126 cm³/mol. The molecule has 0 aliphatic carbocycles. The highest BCUT2D eigenvalue weighted by molar-refractivity contribution is 7.92. The van der Waals surface area contributed by atoms with Crippen molar-refractivity contribution in [1.29, 1.82) is 0 Å². The minimum atomic E-state index is -3.90. The zero-order chi connectivity index (χ0) is 24.1. The largest absolute Gasteiger partial charge is 0.497 e. The molecule has 0 bridgehead atoms. The van der Waals surface area contributed by atoms with Crippen LogP contribution in [0.5, 0.6) is 5.75 Å². The molecule has 0 saturated heterocycles. The molecular formula is C21H25Cl2N3O5S. The van der Waals surface area contributed by atoms with Crippen molar-refractivity contribution in [3.05, 3.63) is 58.1 Å². The summed E-state index contributed by atoms with van der Waals surface area (Å²) < 4.78 is 31.1. The molecule has 0 saturated carbocycles. The number of methoxy groups -OCH3 is 1. The van der Waals surface area contributed by atoms with E-state index in [1.807, 2.05) is 0 Å². The number of sulfonamides is 1. The second-order valence-corrected chi connectivity index (χ2v) is 9.70. The Balaban J connectivity index is 2.44. The molecule has 2 aromatic rings. The number of likely N-dealkylation sites (N-methyl/N-ethyl adjacent to an activating group) is 1. The van der Waals surface area contributed by atoms with Gasteiger partial charge in [0, 0.05) is 13.6 Å². The number of nitrogens with one attached hydrogen (secondary N) is 1. The molecule has 0 radical (unpaired) electrons. The molecule has 0 heterocycles. The molecule has 0 aromatic heterocycles. The van der Waals surface area contributed by atoms with E-state index in [-0.39, 0.29) is 22.3 Å². The van der Waals surface area contributed by atoms with Crippen LogP contribution in [0.15, 0.2) is 42.5 Å². The number of hydrogen-bond donors (Lipinski definition) is 1. The molecule has 0 aliphatic heterocycles. The molecule has 2 rings (SSSR count). The fourth-order valence-electron chi connectivity index (χ4n) is 3.04. The SMILES string of the molecule is CNC(=O)[C@H](C)N(Cc1cccc(OC)c1)C(=O)CN(c1cccc(Cl)c1Cl)S(C)(=O)=O. The zero-order valence-electron chi connectivity index (χ0n) is 18.1. The Morgan fingerprint density at radius 3 is 2.41 bits per heavy atom. The number of halogens is 2. The molecule has 0 fully saturated rings. The molecule has 8 nitrogen and oxygen atoms in total. The molecule has 1 atom stereocenters. The Kier molecular flexibility index (Phi) is 8.77. The van der Waals surface area contributed by atoms with Crippen LogP contribution in [-0.4, -0.2) is 58.1 Å². The highest BCUT2D eigenvalue weighted by atomic mass is 35.5. The van der Waals surface area contributed by atoms with Crippen LogP contribution in [0, 0.1) is 0 Å². The van der Waals surface area contributed by atoms with Crippen LogP contribution < -0.4 is 14.4 Å². The molecule has 174 valence electrons. The highest BCUT2D eigenvalue weighted by Crippen LogP contribution is 2.33. The van der Waals surface area contributed by atoms with E-state index in [1.165, 1.54) is 37.3 Å². The van der Waals surface area contributed by atoms with E-state index < -0.39 is 34.4 Å². The number of nitrogens with zero attached hydrogens (tertiary/aromatic N) is 2. The van der Waals surface area contributed by atoms with Gasteiger partial charge in [-0.3, -0.25) is 13.9 Å². The highest BCUT2D eigenvalue weighted by Gasteiger charge is 2.30. The van der Waals surface area contributed by atoms with Gasteiger partial charge in [0.2, 0.25) is 21.8 Å². The van der Waals surface area contributed by atoms with E-state index in [1.54, 1.807) is 31.2 Å². The third-order valence-corrected chi connectivity index (χ3v) is 6.72. The summed E-state index contributed by atoms with van der Waals surface area (Å²) in [7, 11) is -0.917. The van der Waals surface area contributed by atoms with Crippen molar-refractivity contribution in [2.75, 3.05) is 31.3 Å². The maximum Gasteiger partial charge on any atom is 0.244 e. The number of carbonyl (C=O) groups excluding carboxylic acids is 2. The molecule has 32 heavy (non-hydrogen) atoms. The number of benzene rings is 2. The van der Waals surface area contributed by atoms with Crippen molar-refractivity contribution in [3.8, 4) is 5.75 Å². The van der Waals surface area contributed by atoms with E-state index in [0.29, 0.717) is 11.3 Å². The van der Waals surface area contributed by atoms with Gasteiger partial charge in [-0.05, 0) is 36.8 Å². The minimum absolute atomic E-state index is 0.00564. The zero-order valence-corrected chi connectivity index (χ0v) is 20.5. The van der Waals surface area contributed by atoms with Gasteiger partial charge in [0.25, 0.3) is 0 Å². The number of ether oxygens (including phenoxy) is 1. The second-order valence-electron chi connectivity index (χ2n) is 7.01. The standard InChI is InChI=1S/C21H25Cl2N3O5S/c1-14(21(28)24-2)25(12-15-7-5-8-16(11-15)31-3)19(27)13-26(32(4,29)30)18-10-6-9-17(22)20(18)23/h5-11,14H,12-13H2,1-4H3,(H,24,28)/t14-/m0/s1. The van der Waals surface area contributed by atoms with Gasteiger partial charge in [0.1, 0.15) is 18.3 Å². The molecule has 0 spiro atoms. The number of amides is 2. The first kappa shape index (κ1) is 25.8. The van der Waals surface area contributed by atoms with Gasteiger partial charge in [0.15, 0.2) is 0 Å². The molecule has 1 N–H and O–H groups in total. The fraction of sp³-hybridized carbons (Fsp3) is 0.333. The third kappa shape index (κ3) is 6.27. The number of carbonyl (C=O) groups is 2. The van der Waals surface area contributed by atoms with Gasteiger partial charge < -0.3 is 15.0 Å². The first-order chi connectivity index (χ1) is 15.0. The Bertz CT molecular complexity index is 1090. The Morgan fingerprint density at radius 2 is 1.81 bits per heavy atom. The molecule has 2 aromatic carbocycles. The predicted octanol–water partition coefficient (Wildman–Crippen LogP) is 2.93. The number of hydrogen-bond acceptors (Lipinski definition) is 5. The summed E-state index contributed by atoms with van der Waals surface area (Å²) in [5, 5.41) is 2.67. The van der Waals surface area contributed by atoms with Crippen LogP contribution in [0.25, 0.3) is 0 Å². The average Bonchev–Trinajstić information content (AvgIpc) is 2.76. The maximum absolute atomic E-state index is 13.3. The summed E-state index contributed by atoms with van der Waals surface area (Å²) in [5.74, 6) is -0.399. The first-order valence-electron chi connectivity index (χ1n) is 9.55. The third-order valence-electron chi connectivity index (χ3n) is 4.78. The van der Waals surface area contributed by atoms with E-state index in [9.17, 15) is 18.0 Å². The summed E-state index contributed by atoms with van der Waals surface area (Å²) in [6.45, 7) is 1.06. The molecular weight excluding hydrogens is 477 g/mol. The van der Waals surface area contributed by atoms with Crippen molar-refractivity contribution < 1.29 is 22.7 Å². The van der Waals surface area contributed by atoms with Crippen LogP contribution in [0.3, 0.4) is 0 Å². The summed E-state index contributed by atoms with van der Waals surface area (Å²) in [6, 6.07) is 10.7. The summed E-state index contributed by atoms with van der Waals surface area (Å²) in [5.41, 5.74) is 0.782. The topological polar surface area (TPSA) is 96.0 Å². The number of rotatable bonds is 9. The van der Waals surface area contributed by atoms with Crippen molar-refractivity contribution in [2.24, 2.45) is 0 Å². The van der Waals surface area contributed by atoms with Gasteiger partial charge in [-0.1, -0.05) is 41.4 Å². The lowest BCUT2D eigenvalue weighted by atomic mass is 10.1. The lowest BCUT2D eigenvalue weighted by molar-refractivity contribution is -0.139. The van der Waals surface area contributed by atoms with Gasteiger partial charge in [0.05, 0.1) is 29.1 Å². The summed E-state index contributed by atoms with van der Waals surface area (Å²) in [4.78, 5) is 26.9. The van der Waals surface area contributed by atoms with Crippen LogP contribution in [-0.2, 0) is 26.2 Å². The smallest absolute Gasteiger partial charge is 0.244 e. The van der Waals surface area contributed by atoms with Crippen molar-refractivity contribution in [1.82, 2.24) is 10.2 Å². The van der Waals surface area contributed by atoms with Gasteiger partial charge in [-0.2, -0.15) is 0 Å². The van der Waals surface area contributed by atoms with Gasteiger partial charge in [-0.15, -0.1) is 0 Å². The molecule has 0 unspecified atom stereocenters. The lowest BCUT2D eigenvalue weighted by Gasteiger charge is -2.31. The second kappa shape index (κ2) is 10.9. The summed E-state index contributed by atoms with van der Waals surface area (Å²) >= 11 is 12.3. The Labute approximate surface area is 198 Å². The molecule has 0 aliphatic rings. The number of anilines is 1. The van der Waals surface area contributed by atoms with Gasteiger partial charge >= 0.3 is 0 Å². The summed E-state index contributed by atoms with van der Waals surface area (Å²) in [6.07, 6.45) is 0.964.